The smallest absolute Gasteiger partial charge is 0.254 e. The number of rotatable bonds is 5. The van der Waals surface area contributed by atoms with Gasteiger partial charge in [0.2, 0.25) is 11.7 Å². The SMILES string of the molecule is CCC(=O)Nc1cc(=O)[nH]c2nc(COc3ccccc3)nn12. The van der Waals surface area contributed by atoms with Crippen molar-refractivity contribution in [3.63, 3.8) is 0 Å². The molecule has 0 aliphatic carbocycles. The summed E-state index contributed by atoms with van der Waals surface area (Å²) >= 11 is 0. The first-order valence-electron chi connectivity index (χ1n) is 7.12. The van der Waals surface area contributed by atoms with Gasteiger partial charge in [0.1, 0.15) is 18.2 Å². The molecule has 0 radical (unpaired) electrons. The van der Waals surface area contributed by atoms with Gasteiger partial charge < -0.3 is 10.1 Å². The zero-order valence-corrected chi connectivity index (χ0v) is 12.4. The molecule has 3 aromatic rings. The summed E-state index contributed by atoms with van der Waals surface area (Å²) in [6.45, 7) is 1.87. The Morgan fingerprint density at radius 3 is 2.87 bits per heavy atom. The number of para-hydroxylation sites is 1. The molecule has 118 valence electrons. The van der Waals surface area contributed by atoms with E-state index in [4.69, 9.17) is 4.74 Å². The van der Waals surface area contributed by atoms with E-state index in [-0.39, 0.29) is 29.7 Å². The minimum Gasteiger partial charge on any atom is -0.486 e. The minimum absolute atomic E-state index is 0.148. The summed E-state index contributed by atoms with van der Waals surface area (Å²) in [6, 6.07) is 10.5. The number of benzene rings is 1. The fourth-order valence-electron chi connectivity index (χ4n) is 1.98. The molecule has 0 aliphatic rings. The van der Waals surface area contributed by atoms with E-state index in [1.165, 1.54) is 10.6 Å². The number of hydrogen-bond acceptors (Lipinski definition) is 5. The van der Waals surface area contributed by atoms with Crippen LogP contribution in [-0.4, -0.2) is 25.5 Å². The minimum atomic E-state index is -0.369. The van der Waals surface area contributed by atoms with Gasteiger partial charge >= 0.3 is 0 Å². The normalized spacial score (nSPS) is 10.7. The predicted molar refractivity (Wildman–Crippen MR) is 83.3 cm³/mol. The summed E-state index contributed by atoms with van der Waals surface area (Å²) in [5.74, 6) is 1.39. The molecular weight excluding hydrogens is 298 g/mol. The Morgan fingerprint density at radius 2 is 2.13 bits per heavy atom. The molecule has 3 rings (SSSR count). The van der Waals surface area contributed by atoms with Crippen LogP contribution in [0.25, 0.3) is 5.78 Å². The number of nitrogens with one attached hydrogen (secondary N) is 2. The van der Waals surface area contributed by atoms with Crippen molar-refractivity contribution in [1.29, 1.82) is 0 Å². The fraction of sp³-hybridized carbons (Fsp3) is 0.200. The van der Waals surface area contributed by atoms with Crippen LogP contribution in [0.2, 0.25) is 0 Å². The lowest BCUT2D eigenvalue weighted by atomic mass is 10.3. The number of aromatic amines is 1. The summed E-state index contributed by atoms with van der Waals surface area (Å²) in [5, 5.41) is 6.88. The first kappa shape index (κ1) is 14.8. The second-order valence-electron chi connectivity index (χ2n) is 4.79. The van der Waals surface area contributed by atoms with E-state index in [0.29, 0.717) is 18.0 Å². The molecule has 0 saturated heterocycles. The van der Waals surface area contributed by atoms with Crippen molar-refractivity contribution in [1.82, 2.24) is 19.6 Å². The highest BCUT2D eigenvalue weighted by atomic mass is 16.5. The standard InChI is InChI=1S/C15H15N5O3/c1-2-13(21)17-12-8-14(22)18-15-16-11(19-20(12)15)9-23-10-6-4-3-5-7-10/h3-8H,2,9H2,1H3,(H,17,21)(H,16,18,19,22). The molecule has 0 aliphatic heterocycles. The zero-order chi connectivity index (χ0) is 16.2. The number of hydrogen-bond donors (Lipinski definition) is 2. The molecule has 1 amide bonds. The molecule has 8 nitrogen and oxygen atoms in total. The van der Waals surface area contributed by atoms with Gasteiger partial charge in [-0.3, -0.25) is 14.6 Å². The van der Waals surface area contributed by atoms with E-state index in [0.717, 1.165) is 0 Å². The number of H-pyrrole nitrogens is 1. The van der Waals surface area contributed by atoms with E-state index in [1.54, 1.807) is 6.92 Å². The molecule has 0 spiro atoms. The molecule has 0 unspecified atom stereocenters. The van der Waals surface area contributed by atoms with E-state index in [1.807, 2.05) is 30.3 Å². The third-order valence-corrected chi connectivity index (χ3v) is 3.08. The van der Waals surface area contributed by atoms with Crippen LogP contribution in [0.4, 0.5) is 5.82 Å². The van der Waals surface area contributed by atoms with E-state index in [9.17, 15) is 9.59 Å². The summed E-state index contributed by atoms with van der Waals surface area (Å²) in [7, 11) is 0. The molecule has 23 heavy (non-hydrogen) atoms. The largest absolute Gasteiger partial charge is 0.486 e. The van der Waals surface area contributed by atoms with E-state index in [2.05, 4.69) is 20.4 Å². The number of fused-ring (bicyclic) bond motifs is 1. The van der Waals surface area contributed by atoms with Crippen molar-refractivity contribution in [2.45, 2.75) is 20.0 Å². The number of amides is 1. The van der Waals surface area contributed by atoms with Gasteiger partial charge in [0.05, 0.1) is 0 Å². The van der Waals surface area contributed by atoms with Crippen LogP contribution in [-0.2, 0) is 11.4 Å². The molecular formula is C15H15N5O3. The average Bonchev–Trinajstić information content (AvgIpc) is 2.96. The lowest BCUT2D eigenvalue weighted by molar-refractivity contribution is -0.115. The molecule has 2 N–H and O–H groups in total. The van der Waals surface area contributed by atoms with Crippen molar-refractivity contribution in [3.8, 4) is 5.75 Å². The van der Waals surface area contributed by atoms with Crippen LogP contribution in [0, 0.1) is 0 Å². The highest BCUT2D eigenvalue weighted by molar-refractivity contribution is 5.89. The van der Waals surface area contributed by atoms with E-state index < -0.39 is 0 Å². The maximum atomic E-state index is 11.6. The van der Waals surface area contributed by atoms with Crippen molar-refractivity contribution in [3.05, 3.63) is 52.6 Å². The molecule has 0 bridgehead atoms. The zero-order valence-electron chi connectivity index (χ0n) is 12.4. The Morgan fingerprint density at radius 1 is 1.35 bits per heavy atom. The lowest BCUT2D eigenvalue weighted by Crippen LogP contribution is -2.17. The van der Waals surface area contributed by atoms with Crippen LogP contribution in [0.1, 0.15) is 19.2 Å². The molecule has 2 heterocycles. The van der Waals surface area contributed by atoms with Crippen molar-refractivity contribution in [2.24, 2.45) is 0 Å². The summed E-state index contributed by atoms with van der Waals surface area (Å²) < 4.78 is 6.95. The van der Waals surface area contributed by atoms with E-state index >= 15 is 0 Å². The van der Waals surface area contributed by atoms with Gasteiger partial charge in [0.25, 0.3) is 5.56 Å². The van der Waals surface area contributed by atoms with Gasteiger partial charge in [-0.2, -0.15) is 9.50 Å². The average molecular weight is 313 g/mol. The molecule has 1 aromatic carbocycles. The molecule has 0 atom stereocenters. The summed E-state index contributed by atoms with van der Waals surface area (Å²) in [6.07, 6.45) is 0.299. The Bertz CT molecular complexity index is 885. The van der Waals surface area contributed by atoms with Crippen LogP contribution in [0.15, 0.2) is 41.2 Å². The second-order valence-corrected chi connectivity index (χ2v) is 4.79. The quantitative estimate of drug-likeness (QED) is 0.740. The van der Waals surface area contributed by atoms with Gasteiger partial charge in [-0.1, -0.05) is 25.1 Å². The first-order valence-corrected chi connectivity index (χ1v) is 7.12. The molecule has 8 heteroatoms. The van der Waals surface area contributed by atoms with Gasteiger partial charge in [0, 0.05) is 12.5 Å². The highest BCUT2D eigenvalue weighted by Crippen LogP contribution is 2.11. The van der Waals surface area contributed by atoms with Gasteiger partial charge in [-0.15, -0.1) is 5.10 Å². The van der Waals surface area contributed by atoms with Crippen LogP contribution in [0.5, 0.6) is 5.75 Å². The first-order chi connectivity index (χ1) is 11.2. The third kappa shape index (κ3) is 3.37. The second kappa shape index (κ2) is 6.30. The third-order valence-electron chi connectivity index (χ3n) is 3.08. The van der Waals surface area contributed by atoms with Crippen molar-refractivity contribution in [2.75, 3.05) is 5.32 Å². The van der Waals surface area contributed by atoms with Crippen molar-refractivity contribution >= 4 is 17.5 Å². The van der Waals surface area contributed by atoms with Crippen molar-refractivity contribution < 1.29 is 9.53 Å². The number of aromatic nitrogens is 4. The maximum Gasteiger partial charge on any atom is 0.254 e. The summed E-state index contributed by atoms with van der Waals surface area (Å²) in [5.41, 5.74) is -0.369. The Kier molecular flexibility index (Phi) is 4.05. The van der Waals surface area contributed by atoms with Gasteiger partial charge in [-0.05, 0) is 12.1 Å². The topological polar surface area (TPSA) is 101 Å². The number of carbonyl (C=O) groups is 1. The fourth-order valence-corrected chi connectivity index (χ4v) is 1.98. The monoisotopic (exact) mass is 313 g/mol. The predicted octanol–water partition coefficient (Wildman–Crippen LogP) is 1.35. The maximum absolute atomic E-state index is 11.6. The Hall–Kier alpha value is -3.16. The lowest BCUT2D eigenvalue weighted by Gasteiger charge is -2.04. The number of ether oxygens (including phenoxy) is 1. The Labute approximate surface area is 131 Å². The van der Waals surface area contributed by atoms with Gasteiger partial charge in [-0.25, -0.2) is 0 Å². The molecule has 0 fully saturated rings. The molecule has 2 aromatic heterocycles. The van der Waals surface area contributed by atoms with Crippen LogP contribution >= 0.6 is 0 Å². The van der Waals surface area contributed by atoms with Crippen LogP contribution in [0.3, 0.4) is 0 Å². The number of nitrogens with zero attached hydrogens (tertiary/aromatic N) is 3. The Balaban J connectivity index is 1.87. The number of anilines is 1. The van der Waals surface area contributed by atoms with Gasteiger partial charge in [0.15, 0.2) is 5.82 Å². The molecule has 0 saturated carbocycles. The summed E-state index contributed by atoms with van der Waals surface area (Å²) in [4.78, 5) is 30.0. The number of carbonyl (C=O) groups excluding carboxylic acids is 1. The van der Waals surface area contributed by atoms with Crippen LogP contribution < -0.4 is 15.6 Å². The highest BCUT2D eigenvalue weighted by Gasteiger charge is 2.11.